The number of nitrogens with zero attached hydrogens (tertiary/aromatic N) is 2. The van der Waals surface area contributed by atoms with E-state index < -0.39 is 0 Å². The van der Waals surface area contributed by atoms with E-state index in [-0.39, 0.29) is 24.5 Å². The Kier molecular flexibility index (Phi) is 11.3. The van der Waals surface area contributed by atoms with Crippen LogP contribution in [0.5, 0.6) is 40.2 Å². The van der Waals surface area contributed by atoms with Crippen molar-refractivity contribution in [2.45, 2.75) is 37.8 Å². The van der Waals surface area contributed by atoms with Crippen LogP contribution in [-0.2, 0) is 25.7 Å². The molecule has 0 spiro atoms. The fourth-order valence-corrected chi connectivity index (χ4v) is 7.03. The standard InChI is InChI=1S/C39H46N2O6.ClH/c1-40-16-14-27-21-35(43-4)37(45-6)23-30(27)32(40)18-25-8-11-29(12-9-25)47-39-20-26(10-13-34(39)42-3)19-33-31-24-38(46-7)36(44-5)22-28(31)15-17-41(33)2;/h8-13,20-24,32-33H,14-19H2,1-7H3;1H/t32-,33+;/m1./s1. The molecular formula is C39H47ClN2O6. The third kappa shape index (κ3) is 7.16. The van der Waals surface area contributed by atoms with Crippen molar-refractivity contribution >= 4 is 12.4 Å². The highest BCUT2D eigenvalue weighted by Crippen LogP contribution is 2.41. The third-order valence-electron chi connectivity index (χ3n) is 9.78. The predicted octanol–water partition coefficient (Wildman–Crippen LogP) is 7.49. The number of hydrogen-bond acceptors (Lipinski definition) is 8. The van der Waals surface area contributed by atoms with Gasteiger partial charge in [-0.3, -0.25) is 9.80 Å². The van der Waals surface area contributed by atoms with Gasteiger partial charge in [0.1, 0.15) is 5.75 Å². The Balaban J connectivity index is 0.00000451. The molecule has 0 amide bonds. The Morgan fingerprint density at radius 2 is 0.958 bits per heavy atom. The third-order valence-corrected chi connectivity index (χ3v) is 9.78. The van der Waals surface area contributed by atoms with Crippen molar-refractivity contribution in [1.29, 1.82) is 0 Å². The molecule has 8 nitrogen and oxygen atoms in total. The van der Waals surface area contributed by atoms with Crippen molar-refractivity contribution in [3.63, 3.8) is 0 Å². The molecule has 48 heavy (non-hydrogen) atoms. The van der Waals surface area contributed by atoms with Crippen molar-refractivity contribution in [2.24, 2.45) is 0 Å². The van der Waals surface area contributed by atoms with E-state index in [4.69, 9.17) is 28.4 Å². The molecule has 0 bridgehead atoms. The van der Waals surface area contributed by atoms with Crippen LogP contribution in [0, 0.1) is 0 Å². The molecule has 4 aromatic rings. The van der Waals surface area contributed by atoms with E-state index in [1.165, 1.54) is 33.4 Å². The van der Waals surface area contributed by atoms with Crippen LogP contribution in [0.25, 0.3) is 0 Å². The van der Waals surface area contributed by atoms with Gasteiger partial charge in [0.2, 0.25) is 0 Å². The minimum atomic E-state index is 0. The van der Waals surface area contributed by atoms with E-state index in [2.05, 4.69) is 72.4 Å². The minimum absolute atomic E-state index is 0. The molecule has 0 saturated heterocycles. The summed E-state index contributed by atoms with van der Waals surface area (Å²) in [6.07, 6.45) is 3.67. The van der Waals surface area contributed by atoms with Gasteiger partial charge in [-0.1, -0.05) is 18.2 Å². The smallest absolute Gasteiger partial charge is 0.169 e. The van der Waals surface area contributed by atoms with Gasteiger partial charge in [-0.2, -0.15) is 0 Å². The first-order valence-corrected chi connectivity index (χ1v) is 16.2. The number of halogens is 1. The average molecular weight is 675 g/mol. The highest BCUT2D eigenvalue weighted by molar-refractivity contribution is 5.85. The van der Waals surface area contributed by atoms with Gasteiger partial charge in [0, 0.05) is 25.2 Å². The van der Waals surface area contributed by atoms with E-state index in [1.54, 1.807) is 35.5 Å². The summed E-state index contributed by atoms with van der Waals surface area (Å²) in [5.74, 6) is 5.25. The summed E-state index contributed by atoms with van der Waals surface area (Å²) in [4.78, 5) is 4.83. The Morgan fingerprint density at radius 1 is 0.521 bits per heavy atom. The van der Waals surface area contributed by atoms with Gasteiger partial charge in [-0.15, -0.1) is 12.4 Å². The molecule has 2 aliphatic heterocycles. The van der Waals surface area contributed by atoms with E-state index in [0.29, 0.717) is 11.5 Å². The van der Waals surface area contributed by atoms with Gasteiger partial charge >= 0.3 is 0 Å². The Morgan fingerprint density at radius 3 is 1.44 bits per heavy atom. The van der Waals surface area contributed by atoms with Crippen LogP contribution in [0.15, 0.2) is 66.7 Å². The number of benzene rings is 4. The van der Waals surface area contributed by atoms with Gasteiger partial charge in [-0.25, -0.2) is 0 Å². The number of ether oxygens (including phenoxy) is 6. The predicted molar refractivity (Wildman–Crippen MR) is 191 cm³/mol. The van der Waals surface area contributed by atoms with Crippen molar-refractivity contribution in [1.82, 2.24) is 9.80 Å². The van der Waals surface area contributed by atoms with Gasteiger partial charge in [0.15, 0.2) is 34.5 Å². The largest absolute Gasteiger partial charge is 0.493 e. The molecule has 0 aromatic heterocycles. The molecule has 256 valence electrons. The fourth-order valence-electron chi connectivity index (χ4n) is 7.03. The van der Waals surface area contributed by atoms with E-state index >= 15 is 0 Å². The number of rotatable bonds is 11. The average Bonchev–Trinajstić information content (AvgIpc) is 3.10. The van der Waals surface area contributed by atoms with Gasteiger partial charge in [0.25, 0.3) is 0 Å². The van der Waals surface area contributed by atoms with Crippen molar-refractivity contribution in [3.8, 4) is 40.2 Å². The second-order valence-electron chi connectivity index (χ2n) is 12.4. The zero-order chi connectivity index (χ0) is 33.1. The zero-order valence-electron chi connectivity index (χ0n) is 29.0. The van der Waals surface area contributed by atoms with E-state index in [9.17, 15) is 0 Å². The first-order chi connectivity index (χ1) is 22.8. The van der Waals surface area contributed by atoms with Crippen LogP contribution in [0.3, 0.4) is 0 Å². The first kappa shape index (κ1) is 35.2. The summed E-state index contributed by atoms with van der Waals surface area (Å²) in [6, 6.07) is 23.6. The zero-order valence-corrected chi connectivity index (χ0v) is 29.8. The molecule has 0 aliphatic carbocycles. The van der Waals surface area contributed by atoms with Crippen LogP contribution >= 0.6 is 12.4 Å². The molecule has 0 fully saturated rings. The van der Waals surface area contributed by atoms with Crippen molar-refractivity contribution in [2.75, 3.05) is 62.7 Å². The summed E-state index contributed by atoms with van der Waals surface area (Å²) in [7, 11) is 12.8. The Bertz CT molecular complexity index is 1710. The number of methoxy groups -OCH3 is 5. The molecular weight excluding hydrogens is 628 g/mol. The summed E-state index contributed by atoms with van der Waals surface area (Å²) in [5, 5.41) is 0. The SMILES string of the molecule is COc1cc2c(cc1OC)[C@@H](Cc1ccc(Oc3cc(C[C@H]4c5cc(OC)c(OC)cc5CCN4C)ccc3OC)cc1)N(C)CC2.Cl. The lowest BCUT2D eigenvalue weighted by atomic mass is 9.88. The van der Waals surface area contributed by atoms with Crippen LogP contribution in [0.4, 0.5) is 0 Å². The summed E-state index contributed by atoms with van der Waals surface area (Å²) in [5.41, 5.74) is 7.60. The van der Waals surface area contributed by atoms with Crippen LogP contribution in [0.1, 0.15) is 45.5 Å². The minimum Gasteiger partial charge on any atom is -0.493 e. The molecule has 9 heteroatoms. The fraction of sp³-hybridized carbons (Fsp3) is 0.385. The number of fused-ring (bicyclic) bond motifs is 2. The summed E-state index contributed by atoms with van der Waals surface area (Å²) < 4.78 is 34.6. The van der Waals surface area contributed by atoms with Crippen LogP contribution in [0.2, 0.25) is 0 Å². The molecule has 2 aliphatic rings. The quantitative estimate of drug-likeness (QED) is 0.162. The number of likely N-dealkylation sites (N-methyl/N-ethyl adjacent to an activating group) is 2. The number of hydrogen-bond donors (Lipinski definition) is 0. The normalized spacial score (nSPS) is 17.4. The molecule has 6 rings (SSSR count). The first-order valence-electron chi connectivity index (χ1n) is 16.2. The lowest BCUT2D eigenvalue weighted by Crippen LogP contribution is -2.33. The maximum absolute atomic E-state index is 6.46. The van der Waals surface area contributed by atoms with Crippen LogP contribution < -0.4 is 28.4 Å². The lowest BCUT2D eigenvalue weighted by Gasteiger charge is -2.35. The van der Waals surface area contributed by atoms with Gasteiger partial charge in [-0.05, 0) is 122 Å². The lowest BCUT2D eigenvalue weighted by molar-refractivity contribution is 0.227. The Hall–Kier alpha value is -4.11. The monoisotopic (exact) mass is 674 g/mol. The second kappa shape index (κ2) is 15.4. The summed E-state index contributed by atoms with van der Waals surface area (Å²) in [6.45, 7) is 1.97. The van der Waals surface area contributed by atoms with Gasteiger partial charge < -0.3 is 28.4 Å². The van der Waals surface area contributed by atoms with Crippen molar-refractivity contribution in [3.05, 3.63) is 100 Å². The molecule has 0 saturated carbocycles. The van der Waals surface area contributed by atoms with Gasteiger partial charge in [0.05, 0.1) is 35.5 Å². The maximum atomic E-state index is 6.46. The van der Waals surface area contributed by atoms with E-state index in [0.717, 1.165) is 67.5 Å². The molecule has 4 aromatic carbocycles. The maximum Gasteiger partial charge on any atom is 0.169 e. The van der Waals surface area contributed by atoms with Crippen molar-refractivity contribution < 1.29 is 28.4 Å². The second-order valence-corrected chi connectivity index (χ2v) is 12.4. The molecule has 0 radical (unpaired) electrons. The molecule has 2 atom stereocenters. The highest BCUT2D eigenvalue weighted by atomic mass is 35.5. The summed E-state index contributed by atoms with van der Waals surface area (Å²) >= 11 is 0. The van der Waals surface area contributed by atoms with E-state index in [1.807, 2.05) is 18.2 Å². The molecule has 0 unspecified atom stereocenters. The van der Waals surface area contributed by atoms with Crippen LogP contribution in [-0.4, -0.2) is 72.5 Å². The molecule has 2 heterocycles. The highest BCUT2D eigenvalue weighted by Gasteiger charge is 2.29. The Labute approximate surface area is 290 Å². The molecule has 0 N–H and O–H groups in total. The topological polar surface area (TPSA) is 61.9 Å².